The Balaban J connectivity index is 1.33. The fraction of sp³-hybridized carbons (Fsp3) is 0.429. The van der Waals surface area contributed by atoms with Crippen LogP contribution in [0.3, 0.4) is 0 Å². The van der Waals surface area contributed by atoms with E-state index in [4.69, 9.17) is 9.05 Å². The van der Waals surface area contributed by atoms with Crippen LogP contribution in [0.1, 0.15) is 51.0 Å². The van der Waals surface area contributed by atoms with Gasteiger partial charge in [0, 0.05) is 37.6 Å². The number of benzene rings is 2. The zero-order valence-electron chi connectivity index (χ0n) is 22.1. The third kappa shape index (κ3) is 7.04. The number of amides is 2. The van der Waals surface area contributed by atoms with Gasteiger partial charge in [-0.25, -0.2) is 4.68 Å². The molecule has 9 nitrogen and oxygen atoms in total. The number of carbonyl (C=O) groups is 2. The molecule has 1 atom stereocenters. The molecule has 0 saturated heterocycles. The summed E-state index contributed by atoms with van der Waals surface area (Å²) in [6, 6.07) is 15.8. The maximum absolute atomic E-state index is 13.5. The minimum Gasteiger partial charge on any atom is -0.356 e. The molecule has 1 aromatic heterocycles. The molecule has 38 heavy (non-hydrogen) atoms. The summed E-state index contributed by atoms with van der Waals surface area (Å²) in [4.78, 5) is 27.8. The number of nitrogens with one attached hydrogen (secondary N) is 1. The van der Waals surface area contributed by atoms with E-state index in [1.54, 1.807) is 9.58 Å². The summed E-state index contributed by atoms with van der Waals surface area (Å²) in [7, 11) is 1.98. The number of para-hydroxylation sites is 1. The van der Waals surface area contributed by atoms with Gasteiger partial charge in [-0.15, -0.1) is 5.10 Å². The molecule has 1 unspecified atom stereocenters. The zero-order chi connectivity index (χ0) is 26.7. The number of unbranched alkanes of at least 4 members (excludes halogenated alkanes) is 3. The molecule has 0 aliphatic carbocycles. The number of fused-ring (bicyclic) bond motifs is 5. The first-order valence-corrected chi connectivity index (χ1v) is 14.0. The molecule has 10 heteroatoms. The van der Waals surface area contributed by atoms with Gasteiger partial charge in [-0.2, -0.15) is 0 Å². The Hall–Kier alpha value is -3.13. The van der Waals surface area contributed by atoms with Gasteiger partial charge in [0.15, 0.2) is 9.03 Å². The quantitative estimate of drug-likeness (QED) is 0.243. The highest BCUT2D eigenvalue weighted by Crippen LogP contribution is 2.40. The van der Waals surface area contributed by atoms with Gasteiger partial charge in [0.05, 0.1) is 31.1 Å². The fourth-order valence-corrected chi connectivity index (χ4v) is 5.01. The van der Waals surface area contributed by atoms with E-state index in [-0.39, 0.29) is 33.7 Å². The Labute approximate surface area is 225 Å². The van der Waals surface area contributed by atoms with Crippen LogP contribution in [0.2, 0.25) is 0 Å². The molecule has 1 N–H and O–H groups in total. The predicted octanol–water partition coefficient (Wildman–Crippen LogP) is 5.01. The third-order valence-electron chi connectivity index (χ3n) is 6.50. The van der Waals surface area contributed by atoms with Crippen molar-refractivity contribution in [2.45, 2.75) is 52.0 Å². The van der Waals surface area contributed by atoms with Crippen LogP contribution in [0, 0.1) is 0 Å². The van der Waals surface area contributed by atoms with Crippen LogP contribution in [0.15, 0.2) is 48.5 Å². The molecule has 1 aliphatic rings. The van der Waals surface area contributed by atoms with E-state index in [0.29, 0.717) is 26.3 Å². The molecule has 0 spiro atoms. The van der Waals surface area contributed by atoms with Crippen LogP contribution in [0.4, 0.5) is 5.69 Å². The number of nitrogens with zero attached hydrogens (tertiary/aromatic N) is 4. The summed E-state index contributed by atoms with van der Waals surface area (Å²) in [5.41, 5.74) is 5.31. The highest BCUT2D eigenvalue weighted by Gasteiger charge is 2.28. The topological polar surface area (TPSA) is 98.6 Å². The maximum Gasteiger partial charge on any atom is 0.227 e. The van der Waals surface area contributed by atoms with E-state index in [1.807, 2.05) is 62.5 Å². The minimum absolute atomic E-state index is 0.0891. The van der Waals surface area contributed by atoms with E-state index in [1.165, 1.54) is 0 Å². The van der Waals surface area contributed by atoms with E-state index in [2.05, 4.69) is 15.6 Å². The lowest BCUT2D eigenvalue weighted by Crippen LogP contribution is -2.33. The first-order chi connectivity index (χ1) is 18.6. The Morgan fingerprint density at radius 2 is 1.74 bits per heavy atom. The van der Waals surface area contributed by atoms with Crippen molar-refractivity contribution in [3.8, 4) is 22.5 Å². The highest BCUT2D eigenvalue weighted by atomic mass is 31.1. The first kappa shape index (κ1) is 27.9. The lowest BCUT2D eigenvalue weighted by Gasteiger charge is -2.28. The van der Waals surface area contributed by atoms with Crippen molar-refractivity contribution in [1.82, 2.24) is 20.3 Å². The Bertz CT molecular complexity index is 1230. The van der Waals surface area contributed by atoms with Crippen molar-refractivity contribution in [2.75, 3.05) is 24.7 Å². The van der Waals surface area contributed by atoms with Gasteiger partial charge in [-0.3, -0.25) is 9.59 Å². The van der Waals surface area contributed by atoms with E-state index < -0.39 is 0 Å². The number of anilines is 1. The van der Waals surface area contributed by atoms with Crippen LogP contribution in [0.5, 0.6) is 0 Å². The van der Waals surface area contributed by atoms with Gasteiger partial charge in [-0.05, 0) is 31.4 Å². The van der Waals surface area contributed by atoms with Crippen molar-refractivity contribution >= 4 is 26.5 Å². The number of aromatic nitrogens is 3. The molecular weight excluding hydrogens is 501 g/mol. The van der Waals surface area contributed by atoms with Gasteiger partial charge < -0.3 is 19.3 Å². The minimum atomic E-state index is -0.0987. The highest BCUT2D eigenvalue weighted by molar-refractivity contribution is 7.26. The SMILES string of the molecule is CCOPOCCCCCCNC(=O)CCC(=O)N1Cc2ccccc2-c2nnn(C)c2-c2ccccc21. The summed E-state index contributed by atoms with van der Waals surface area (Å²) in [6.07, 6.45) is 4.26. The number of hydrogen-bond donors (Lipinski definition) is 1. The summed E-state index contributed by atoms with van der Waals surface area (Å²) in [5, 5.41) is 11.7. The molecule has 4 rings (SSSR count). The molecule has 0 bridgehead atoms. The van der Waals surface area contributed by atoms with Crippen molar-refractivity contribution in [2.24, 2.45) is 7.05 Å². The van der Waals surface area contributed by atoms with Gasteiger partial charge >= 0.3 is 0 Å². The second-order valence-electron chi connectivity index (χ2n) is 9.19. The smallest absolute Gasteiger partial charge is 0.227 e. The van der Waals surface area contributed by atoms with E-state index in [0.717, 1.165) is 59.4 Å². The largest absolute Gasteiger partial charge is 0.356 e. The standard InChI is InChI=1S/C28H36N5O4P/c1-3-36-38-37-19-11-5-4-10-18-29-25(34)16-17-26(35)33-20-21-12-6-7-13-22(21)27-28(32(2)31-30-27)23-14-8-9-15-24(23)33/h6-9,12-15,38H,3-5,10-11,16-20H2,1-2H3,(H,29,34). The molecule has 0 fully saturated rings. The van der Waals surface area contributed by atoms with Gasteiger partial charge in [0.25, 0.3) is 0 Å². The van der Waals surface area contributed by atoms with Crippen molar-refractivity contribution in [3.63, 3.8) is 0 Å². The van der Waals surface area contributed by atoms with Crippen LogP contribution in [-0.2, 0) is 32.2 Å². The molecule has 2 amide bonds. The summed E-state index contributed by atoms with van der Waals surface area (Å²) in [5.74, 6) is -0.188. The van der Waals surface area contributed by atoms with Gasteiger partial charge in [-0.1, -0.05) is 60.5 Å². The van der Waals surface area contributed by atoms with Gasteiger partial charge in [0.1, 0.15) is 5.69 Å². The van der Waals surface area contributed by atoms with Crippen molar-refractivity contribution in [1.29, 1.82) is 0 Å². The Kier molecular flexibility index (Phi) is 10.4. The molecule has 0 radical (unpaired) electrons. The van der Waals surface area contributed by atoms with Crippen molar-refractivity contribution < 1.29 is 18.6 Å². The Morgan fingerprint density at radius 1 is 0.974 bits per heavy atom. The van der Waals surface area contributed by atoms with Gasteiger partial charge in [0.2, 0.25) is 11.8 Å². The molecule has 2 heterocycles. The Morgan fingerprint density at radius 3 is 2.58 bits per heavy atom. The summed E-state index contributed by atoms with van der Waals surface area (Å²) in [6.45, 7) is 4.34. The number of aryl methyl sites for hydroxylation is 1. The zero-order valence-corrected chi connectivity index (χ0v) is 23.1. The van der Waals surface area contributed by atoms with Crippen LogP contribution < -0.4 is 10.2 Å². The van der Waals surface area contributed by atoms with Crippen LogP contribution in [0.25, 0.3) is 22.5 Å². The average Bonchev–Trinajstić information content (AvgIpc) is 3.31. The number of carbonyl (C=O) groups excluding carboxylic acids is 2. The number of hydrogen-bond acceptors (Lipinski definition) is 6. The molecule has 3 aromatic rings. The maximum atomic E-state index is 13.5. The fourth-order valence-electron chi connectivity index (χ4n) is 4.58. The van der Waals surface area contributed by atoms with Crippen LogP contribution in [-0.4, -0.2) is 46.6 Å². The second-order valence-corrected chi connectivity index (χ2v) is 9.94. The molecule has 0 saturated carbocycles. The lowest BCUT2D eigenvalue weighted by molar-refractivity contribution is -0.125. The summed E-state index contributed by atoms with van der Waals surface area (Å²) < 4.78 is 12.3. The molecule has 1 aliphatic heterocycles. The molecule has 2 aromatic carbocycles. The van der Waals surface area contributed by atoms with Crippen LogP contribution >= 0.6 is 9.03 Å². The van der Waals surface area contributed by atoms with E-state index in [9.17, 15) is 9.59 Å². The average molecular weight is 538 g/mol. The lowest BCUT2D eigenvalue weighted by atomic mass is 9.95. The second kappa shape index (κ2) is 14.1. The number of rotatable bonds is 13. The monoisotopic (exact) mass is 537 g/mol. The normalized spacial score (nSPS) is 12.5. The molecule has 202 valence electrons. The third-order valence-corrected chi connectivity index (χ3v) is 7.23. The van der Waals surface area contributed by atoms with Crippen molar-refractivity contribution in [3.05, 3.63) is 54.1 Å². The first-order valence-electron chi connectivity index (χ1n) is 13.2. The summed E-state index contributed by atoms with van der Waals surface area (Å²) >= 11 is 0. The molecular formula is C28H36N5O4P. The predicted molar refractivity (Wildman–Crippen MR) is 150 cm³/mol. The van der Waals surface area contributed by atoms with E-state index >= 15 is 0 Å².